The quantitative estimate of drug-likeness (QED) is 0.766. The van der Waals surface area contributed by atoms with Crippen molar-refractivity contribution in [3.05, 3.63) is 50.6 Å². The standard InChI is InChI=1S/C16H19N5O2S/c1-4-5-21-11(3)12(10(2)19-21)9-17-15(23)13-8-14(22)18-16-20(13)6-7-24-16/h6-8H,4-5,9H2,1-3H3,(H,17,23). The highest BCUT2D eigenvalue weighted by atomic mass is 32.1. The van der Waals surface area contributed by atoms with Crippen molar-refractivity contribution in [3.63, 3.8) is 0 Å². The van der Waals surface area contributed by atoms with E-state index in [2.05, 4.69) is 22.3 Å². The van der Waals surface area contributed by atoms with Crippen LogP contribution in [0.25, 0.3) is 4.96 Å². The summed E-state index contributed by atoms with van der Waals surface area (Å²) in [5.74, 6) is -0.301. The van der Waals surface area contributed by atoms with Crippen LogP contribution in [0.4, 0.5) is 0 Å². The largest absolute Gasteiger partial charge is 0.347 e. The third-order valence-corrected chi connectivity index (χ3v) is 4.70. The third kappa shape index (κ3) is 2.96. The Labute approximate surface area is 143 Å². The molecular weight excluding hydrogens is 326 g/mol. The molecule has 0 aliphatic heterocycles. The van der Waals surface area contributed by atoms with Crippen LogP contribution in [0.2, 0.25) is 0 Å². The van der Waals surface area contributed by atoms with Crippen molar-refractivity contribution in [1.82, 2.24) is 24.5 Å². The first-order valence-electron chi connectivity index (χ1n) is 7.79. The van der Waals surface area contributed by atoms with E-state index in [4.69, 9.17) is 0 Å². The van der Waals surface area contributed by atoms with Gasteiger partial charge in [-0.3, -0.25) is 18.7 Å². The molecule has 0 unspecified atom stereocenters. The number of nitrogens with one attached hydrogen (secondary N) is 1. The van der Waals surface area contributed by atoms with Crippen LogP contribution in [0.5, 0.6) is 0 Å². The minimum absolute atomic E-state index is 0.294. The molecule has 0 aliphatic carbocycles. The van der Waals surface area contributed by atoms with Gasteiger partial charge in [0.05, 0.1) is 5.69 Å². The predicted octanol–water partition coefficient (Wildman–Crippen LogP) is 1.91. The molecule has 0 aromatic carbocycles. The van der Waals surface area contributed by atoms with Crippen molar-refractivity contribution < 1.29 is 4.79 Å². The summed E-state index contributed by atoms with van der Waals surface area (Å²) in [6, 6.07) is 1.26. The van der Waals surface area contributed by atoms with Gasteiger partial charge >= 0.3 is 0 Å². The highest BCUT2D eigenvalue weighted by molar-refractivity contribution is 7.15. The molecule has 3 aromatic rings. The summed E-state index contributed by atoms with van der Waals surface area (Å²) in [6.45, 7) is 7.28. The van der Waals surface area contributed by atoms with Gasteiger partial charge in [-0.25, -0.2) is 0 Å². The van der Waals surface area contributed by atoms with Crippen LogP contribution in [0.1, 0.15) is 40.8 Å². The van der Waals surface area contributed by atoms with Gasteiger partial charge in [-0.15, -0.1) is 11.3 Å². The number of hydrogen-bond acceptors (Lipinski definition) is 5. The van der Waals surface area contributed by atoms with Crippen LogP contribution >= 0.6 is 11.3 Å². The summed E-state index contributed by atoms with van der Waals surface area (Å²) in [4.78, 5) is 28.6. The average Bonchev–Trinajstić information content (AvgIpc) is 3.10. The monoisotopic (exact) mass is 345 g/mol. The zero-order valence-corrected chi connectivity index (χ0v) is 14.7. The second kappa shape index (κ2) is 6.56. The smallest absolute Gasteiger partial charge is 0.274 e. The number of nitrogens with zero attached hydrogens (tertiary/aromatic N) is 4. The van der Waals surface area contributed by atoms with Crippen molar-refractivity contribution >= 4 is 22.2 Å². The Morgan fingerprint density at radius 3 is 2.92 bits per heavy atom. The second-order valence-electron chi connectivity index (χ2n) is 5.59. The molecule has 3 aromatic heterocycles. The average molecular weight is 345 g/mol. The molecule has 3 rings (SSSR count). The third-order valence-electron chi connectivity index (χ3n) is 3.94. The Morgan fingerprint density at radius 2 is 2.17 bits per heavy atom. The van der Waals surface area contributed by atoms with Gasteiger partial charge in [0.15, 0.2) is 4.96 Å². The number of thiazole rings is 1. The van der Waals surface area contributed by atoms with Gasteiger partial charge in [-0.2, -0.15) is 10.1 Å². The summed E-state index contributed by atoms with van der Waals surface area (Å²) in [7, 11) is 0. The van der Waals surface area contributed by atoms with Crippen LogP contribution in [0.3, 0.4) is 0 Å². The summed E-state index contributed by atoms with van der Waals surface area (Å²) >= 11 is 1.32. The first-order chi connectivity index (χ1) is 11.5. The molecule has 0 spiro atoms. The minimum Gasteiger partial charge on any atom is -0.347 e. The molecule has 3 heterocycles. The predicted molar refractivity (Wildman–Crippen MR) is 92.5 cm³/mol. The van der Waals surface area contributed by atoms with Gasteiger partial charge in [0, 0.05) is 42.0 Å². The molecule has 0 fully saturated rings. The zero-order valence-electron chi connectivity index (χ0n) is 13.9. The van der Waals surface area contributed by atoms with Crippen molar-refractivity contribution in [2.45, 2.75) is 40.3 Å². The number of carbonyl (C=O) groups excluding carboxylic acids is 1. The van der Waals surface area contributed by atoms with Gasteiger partial charge in [0.1, 0.15) is 5.69 Å². The topological polar surface area (TPSA) is 81.3 Å². The number of hydrogen-bond donors (Lipinski definition) is 1. The van der Waals surface area contributed by atoms with Crippen molar-refractivity contribution in [1.29, 1.82) is 0 Å². The van der Waals surface area contributed by atoms with Gasteiger partial charge in [-0.05, 0) is 20.3 Å². The second-order valence-corrected chi connectivity index (χ2v) is 6.46. The Bertz CT molecular complexity index is 953. The Kier molecular flexibility index (Phi) is 4.48. The maximum atomic E-state index is 12.5. The van der Waals surface area contributed by atoms with Crippen molar-refractivity contribution in [3.8, 4) is 0 Å². The summed E-state index contributed by atoms with van der Waals surface area (Å²) in [5, 5.41) is 9.19. The summed E-state index contributed by atoms with van der Waals surface area (Å²) in [5.41, 5.74) is 2.86. The summed E-state index contributed by atoms with van der Waals surface area (Å²) < 4.78 is 3.59. The van der Waals surface area contributed by atoms with Gasteiger partial charge < -0.3 is 5.32 Å². The fourth-order valence-electron chi connectivity index (χ4n) is 2.70. The molecule has 7 nitrogen and oxygen atoms in total. The normalized spacial score (nSPS) is 11.1. The molecule has 0 saturated heterocycles. The van der Waals surface area contributed by atoms with E-state index in [0.29, 0.717) is 17.2 Å². The van der Waals surface area contributed by atoms with E-state index in [0.717, 1.165) is 29.9 Å². The maximum absolute atomic E-state index is 12.5. The molecule has 0 bridgehead atoms. The van der Waals surface area contributed by atoms with Crippen LogP contribution in [-0.2, 0) is 13.1 Å². The lowest BCUT2D eigenvalue weighted by molar-refractivity contribution is 0.0944. The number of aryl methyl sites for hydroxylation is 2. The van der Waals surface area contributed by atoms with E-state index in [1.165, 1.54) is 17.4 Å². The molecule has 0 radical (unpaired) electrons. The lowest BCUT2D eigenvalue weighted by atomic mass is 10.2. The van der Waals surface area contributed by atoms with E-state index >= 15 is 0 Å². The van der Waals surface area contributed by atoms with Gasteiger partial charge in [-0.1, -0.05) is 6.92 Å². The minimum atomic E-state index is -0.411. The molecule has 1 amide bonds. The first-order valence-corrected chi connectivity index (χ1v) is 8.67. The van der Waals surface area contributed by atoms with E-state index in [1.807, 2.05) is 18.5 Å². The fraction of sp³-hybridized carbons (Fsp3) is 0.375. The first kappa shape index (κ1) is 16.4. The molecule has 0 saturated carbocycles. The summed E-state index contributed by atoms with van der Waals surface area (Å²) in [6.07, 6.45) is 2.74. The number of carbonyl (C=O) groups is 1. The van der Waals surface area contributed by atoms with Gasteiger partial charge in [0.25, 0.3) is 11.5 Å². The highest BCUT2D eigenvalue weighted by Gasteiger charge is 2.15. The van der Waals surface area contributed by atoms with Crippen molar-refractivity contribution in [2.24, 2.45) is 0 Å². The van der Waals surface area contributed by atoms with Crippen LogP contribution in [0.15, 0.2) is 22.4 Å². The number of rotatable bonds is 5. The fourth-order valence-corrected chi connectivity index (χ4v) is 3.42. The number of amides is 1. The number of fused-ring (bicyclic) bond motifs is 1. The van der Waals surface area contributed by atoms with Crippen LogP contribution in [0, 0.1) is 13.8 Å². The Hall–Kier alpha value is -2.48. The SMILES string of the molecule is CCCn1nc(C)c(CNC(=O)c2cc(=O)nc3sccn23)c1C. The van der Waals surface area contributed by atoms with E-state index in [1.54, 1.807) is 16.0 Å². The molecular formula is C16H19N5O2S. The van der Waals surface area contributed by atoms with Crippen LogP contribution in [-0.4, -0.2) is 25.1 Å². The molecule has 0 atom stereocenters. The van der Waals surface area contributed by atoms with E-state index < -0.39 is 5.56 Å². The highest BCUT2D eigenvalue weighted by Crippen LogP contribution is 2.14. The van der Waals surface area contributed by atoms with E-state index in [9.17, 15) is 9.59 Å². The lowest BCUT2D eigenvalue weighted by Crippen LogP contribution is -2.27. The lowest BCUT2D eigenvalue weighted by Gasteiger charge is -2.08. The van der Waals surface area contributed by atoms with Crippen molar-refractivity contribution in [2.75, 3.05) is 0 Å². The Balaban J connectivity index is 1.83. The molecule has 126 valence electrons. The molecule has 0 aliphatic rings. The zero-order chi connectivity index (χ0) is 17.3. The van der Waals surface area contributed by atoms with E-state index in [-0.39, 0.29) is 5.91 Å². The van der Waals surface area contributed by atoms with Gasteiger partial charge in [0.2, 0.25) is 0 Å². The molecule has 1 N–H and O–H groups in total. The van der Waals surface area contributed by atoms with Crippen LogP contribution < -0.4 is 10.9 Å². The Morgan fingerprint density at radius 1 is 1.38 bits per heavy atom. The molecule has 24 heavy (non-hydrogen) atoms. The number of aromatic nitrogens is 4. The maximum Gasteiger partial charge on any atom is 0.274 e. The molecule has 8 heteroatoms.